The molecule has 0 aliphatic carbocycles. The van der Waals surface area contributed by atoms with Crippen molar-refractivity contribution in [1.29, 1.82) is 0 Å². The third-order valence-corrected chi connectivity index (χ3v) is 3.34. The van der Waals surface area contributed by atoms with Crippen LogP contribution in [0.2, 0.25) is 0 Å². The van der Waals surface area contributed by atoms with Gasteiger partial charge < -0.3 is 15.4 Å². The van der Waals surface area contributed by atoms with Gasteiger partial charge in [-0.1, -0.05) is 18.2 Å². The Bertz CT molecular complexity index is 869. The Hall–Kier alpha value is -3.68. The van der Waals surface area contributed by atoms with E-state index in [9.17, 15) is 10.1 Å². The number of nitro groups is 1. The highest BCUT2D eigenvalue weighted by molar-refractivity contribution is 5.73. The van der Waals surface area contributed by atoms with Crippen LogP contribution in [-0.4, -0.2) is 21.9 Å². The molecule has 0 bridgehead atoms. The standard InChI is InChI=1S/C17H15N5O3/c1-18-16-15(22(23)24)17(20-11-19-16)21-12-7-9-14(10-8-12)25-13-5-3-2-4-6-13/h2-11H,1H3,(H2,18,19,20,21). The molecule has 0 aliphatic heterocycles. The number of nitrogens with one attached hydrogen (secondary N) is 2. The number of para-hydroxylation sites is 1. The number of hydrogen-bond acceptors (Lipinski definition) is 7. The van der Waals surface area contributed by atoms with Crippen molar-refractivity contribution in [3.63, 3.8) is 0 Å². The average molecular weight is 337 g/mol. The normalized spacial score (nSPS) is 10.1. The summed E-state index contributed by atoms with van der Waals surface area (Å²) < 4.78 is 5.71. The molecule has 2 N–H and O–H groups in total. The monoisotopic (exact) mass is 337 g/mol. The van der Waals surface area contributed by atoms with Gasteiger partial charge in [-0.2, -0.15) is 0 Å². The lowest BCUT2D eigenvalue weighted by molar-refractivity contribution is -0.383. The number of benzene rings is 2. The van der Waals surface area contributed by atoms with Crippen molar-refractivity contribution in [2.75, 3.05) is 17.7 Å². The molecule has 0 amide bonds. The predicted octanol–water partition coefficient (Wildman–Crippen LogP) is 3.96. The van der Waals surface area contributed by atoms with Gasteiger partial charge in [0.15, 0.2) is 0 Å². The fourth-order valence-corrected chi connectivity index (χ4v) is 2.19. The molecule has 0 saturated heterocycles. The summed E-state index contributed by atoms with van der Waals surface area (Å²) >= 11 is 0. The van der Waals surface area contributed by atoms with E-state index in [2.05, 4.69) is 20.6 Å². The molecule has 0 aliphatic rings. The van der Waals surface area contributed by atoms with Crippen LogP contribution < -0.4 is 15.4 Å². The number of rotatable bonds is 6. The van der Waals surface area contributed by atoms with E-state index in [1.165, 1.54) is 6.33 Å². The van der Waals surface area contributed by atoms with Crippen molar-refractivity contribution in [3.05, 3.63) is 71.0 Å². The molecule has 8 nitrogen and oxygen atoms in total. The number of nitrogens with zero attached hydrogens (tertiary/aromatic N) is 3. The summed E-state index contributed by atoms with van der Waals surface area (Å²) in [5.74, 6) is 1.64. The maximum Gasteiger partial charge on any atom is 0.353 e. The van der Waals surface area contributed by atoms with E-state index in [0.717, 1.165) is 5.75 Å². The minimum absolute atomic E-state index is 0.112. The van der Waals surface area contributed by atoms with Gasteiger partial charge in [0.25, 0.3) is 0 Å². The van der Waals surface area contributed by atoms with Gasteiger partial charge in [0.2, 0.25) is 11.6 Å². The summed E-state index contributed by atoms with van der Waals surface area (Å²) in [7, 11) is 1.56. The van der Waals surface area contributed by atoms with Crippen LogP contribution in [0.15, 0.2) is 60.9 Å². The molecule has 0 saturated carbocycles. The second kappa shape index (κ2) is 7.26. The molecule has 1 heterocycles. The maximum absolute atomic E-state index is 11.3. The third kappa shape index (κ3) is 3.81. The average Bonchev–Trinajstić information content (AvgIpc) is 2.63. The Balaban J connectivity index is 1.79. The van der Waals surface area contributed by atoms with Gasteiger partial charge in [0.05, 0.1) is 4.92 Å². The van der Waals surface area contributed by atoms with Gasteiger partial charge in [0.1, 0.15) is 17.8 Å². The summed E-state index contributed by atoms with van der Waals surface area (Å²) in [4.78, 5) is 18.6. The van der Waals surface area contributed by atoms with E-state index in [4.69, 9.17) is 4.74 Å². The first-order chi connectivity index (χ1) is 12.2. The van der Waals surface area contributed by atoms with Crippen LogP contribution in [0.1, 0.15) is 0 Å². The lowest BCUT2D eigenvalue weighted by Crippen LogP contribution is -2.05. The largest absolute Gasteiger partial charge is 0.457 e. The number of ether oxygens (including phenoxy) is 1. The van der Waals surface area contributed by atoms with Crippen LogP contribution >= 0.6 is 0 Å². The van der Waals surface area contributed by atoms with Gasteiger partial charge in [-0.05, 0) is 36.4 Å². The lowest BCUT2D eigenvalue weighted by Gasteiger charge is -2.09. The summed E-state index contributed by atoms with van der Waals surface area (Å²) in [5, 5.41) is 16.9. The molecule has 2 aromatic carbocycles. The van der Waals surface area contributed by atoms with Crippen LogP contribution in [0.3, 0.4) is 0 Å². The Morgan fingerprint density at radius 3 is 2.24 bits per heavy atom. The van der Waals surface area contributed by atoms with Gasteiger partial charge in [-0.15, -0.1) is 0 Å². The second-order valence-corrected chi connectivity index (χ2v) is 4.99. The van der Waals surface area contributed by atoms with Crippen molar-refractivity contribution in [2.45, 2.75) is 0 Å². The van der Waals surface area contributed by atoms with Crippen LogP contribution in [0.4, 0.5) is 23.0 Å². The molecule has 0 spiro atoms. The van der Waals surface area contributed by atoms with E-state index in [1.54, 1.807) is 31.3 Å². The van der Waals surface area contributed by atoms with Crippen molar-refractivity contribution < 1.29 is 9.66 Å². The highest BCUT2D eigenvalue weighted by Gasteiger charge is 2.22. The van der Waals surface area contributed by atoms with Gasteiger partial charge in [-0.25, -0.2) is 9.97 Å². The summed E-state index contributed by atoms with van der Waals surface area (Å²) in [6.07, 6.45) is 1.26. The van der Waals surface area contributed by atoms with Crippen molar-refractivity contribution >= 4 is 23.0 Å². The Kier molecular flexibility index (Phi) is 4.70. The Labute approximate surface area is 143 Å². The van der Waals surface area contributed by atoms with E-state index in [1.807, 2.05) is 30.3 Å². The molecule has 8 heteroatoms. The Morgan fingerprint density at radius 1 is 0.960 bits per heavy atom. The fraction of sp³-hybridized carbons (Fsp3) is 0.0588. The van der Waals surface area contributed by atoms with E-state index < -0.39 is 4.92 Å². The molecule has 0 unspecified atom stereocenters. The number of anilines is 3. The molecule has 3 rings (SSSR count). The quantitative estimate of drug-likeness (QED) is 0.518. The zero-order valence-corrected chi connectivity index (χ0v) is 13.3. The van der Waals surface area contributed by atoms with Gasteiger partial charge in [-0.3, -0.25) is 10.1 Å². The molecular weight excluding hydrogens is 322 g/mol. The minimum atomic E-state index is -0.527. The smallest absolute Gasteiger partial charge is 0.353 e. The van der Waals surface area contributed by atoms with Gasteiger partial charge >= 0.3 is 5.69 Å². The highest BCUT2D eigenvalue weighted by Crippen LogP contribution is 2.31. The first-order valence-corrected chi connectivity index (χ1v) is 7.44. The van der Waals surface area contributed by atoms with E-state index in [-0.39, 0.29) is 17.3 Å². The summed E-state index contributed by atoms with van der Waals surface area (Å²) in [6, 6.07) is 16.4. The number of hydrogen-bond donors (Lipinski definition) is 2. The lowest BCUT2D eigenvalue weighted by atomic mass is 10.3. The summed E-state index contributed by atoms with van der Waals surface area (Å²) in [6.45, 7) is 0. The van der Waals surface area contributed by atoms with Crippen molar-refractivity contribution in [2.24, 2.45) is 0 Å². The highest BCUT2D eigenvalue weighted by atomic mass is 16.6. The predicted molar refractivity (Wildman–Crippen MR) is 94.5 cm³/mol. The molecule has 126 valence electrons. The molecule has 0 atom stereocenters. The first kappa shape index (κ1) is 16.2. The third-order valence-electron chi connectivity index (χ3n) is 3.34. The molecule has 3 aromatic rings. The van der Waals surface area contributed by atoms with Crippen LogP contribution in [0.25, 0.3) is 0 Å². The van der Waals surface area contributed by atoms with Crippen LogP contribution in [0, 0.1) is 10.1 Å². The molecule has 0 fully saturated rings. The van der Waals surface area contributed by atoms with Gasteiger partial charge in [0, 0.05) is 12.7 Å². The molecular formula is C17H15N5O3. The first-order valence-electron chi connectivity index (χ1n) is 7.44. The SMILES string of the molecule is CNc1ncnc(Nc2ccc(Oc3ccccc3)cc2)c1[N+](=O)[O-]. The zero-order valence-electron chi connectivity index (χ0n) is 13.3. The minimum Gasteiger partial charge on any atom is -0.457 e. The zero-order chi connectivity index (χ0) is 17.6. The topological polar surface area (TPSA) is 102 Å². The van der Waals surface area contributed by atoms with Crippen LogP contribution in [0.5, 0.6) is 11.5 Å². The van der Waals surface area contributed by atoms with E-state index in [0.29, 0.717) is 11.4 Å². The maximum atomic E-state index is 11.3. The van der Waals surface area contributed by atoms with Crippen molar-refractivity contribution in [3.8, 4) is 11.5 Å². The second-order valence-electron chi connectivity index (χ2n) is 4.99. The molecule has 1 aromatic heterocycles. The Morgan fingerprint density at radius 2 is 1.60 bits per heavy atom. The summed E-state index contributed by atoms with van der Waals surface area (Å²) in [5.41, 5.74) is 0.430. The van der Waals surface area contributed by atoms with Crippen LogP contribution in [-0.2, 0) is 0 Å². The van der Waals surface area contributed by atoms with Crippen molar-refractivity contribution in [1.82, 2.24) is 9.97 Å². The van der Waals surface area contributed by atoms with E-state index >= 15 is 0 Å². The molecule has 25 heavy (non-hydrogen) atoms. The number of aromatic nitrogens is 2. The fourth-order valence-electron chi connectivity index (χ4n) is 2.19. The molecule has 0 radical (unpaired) electrons.